The van der Waals surface area contributed by atoms with E-state index in [4.69, 9.17) is 25.8 Å². The molecule has 0 saturated carbocycles. The zero-order valence-electron chi connectivity index (χ0n) is 18.5. The minimum absolute atomic E-state index is 0.157. The first-order valence-electron chi connectivity index (χ1n) is 10.4. The third kappa shape index (κ3) is 4.37. The number of anilines is 1. The molecule has 1 heterocycles. The van der Waals surface area contributed by atoms with Gasteiger partial charge in [-0.05, 0) is 23.8 Å². The second kappa shape index (κ2) is 9.62. The number of nitrogens with one attached hydrogen (secondary N) is 2. The van der Waals surface area contributed by atoms with Gasteiger partial charge in [-0.25, -0.2) is 4.79 Å². The van der Waals surface area contributed by atoms with E-state index in [-0.39, 0.29) is 18.2 Å². The van der Waals surface area contributed by atoms with E-state index in [1.54, 1.807) is 60.7 Å². The Kier molecular flexibility index (Phi) is 6.63. The molecule has 34 heavy (non-hydrogen) atoms. The predicted molar refractivity (Wildman–Crippen MR) is 127 cm³/mol. The van der Waals surface area contributed by atoms with Gasteiger partial charge in [-0.1, -0.05) is 41.9 Å². The van der Waals surface area contributed by atoms with Crippen LogP contribution in [0.4, 0.5) is 5.69 Å². The lowest BCUT2D eigenvalue weighted by Gasteiger charge is -2.40. The Morgan fingerprint density at radius 3 is 2.26 bits per heavy atom. The summed E-state index contributed by atoms with van der Waals surface area (Å²) in [6.07, 6.45) is -1.52. The number of hydrogen-bond donors (Lipinski definition) is 3. The van der Waals surface area contributed by atoms with E-state index in [0.717, 1.165) is 0 Å². The zero-order valence-corrected chi connectivity index (χ0v) is 19.3. The van der Waals surface area contributed by atoms with Crippen LogP contribution in [0.3, 0.4) is 0 Å². The number of aliphatic carboxylic acids is 1. The number of rotatable bonds is 7. The molecular formula is C25H23ClN2O6. The Labute approximate surface area is 201 Å². The highest BCUT2D eigenvalue weighted by molar-refractivity contribution is 6.30. The number of fused-ring (bicyclic) bond motifs is 1. The fraction of sp³-hybridized carbons (Fsp3) is 0.200. The maximum absolute atomic E-state index is 12.8. The Balaban J connectivity index is 1.97. The summed E-state index contributed by atoms with van der Waals surface area (Å²) in [6.45, 7) is -0.157. The van der Waals surface area contributed by atoms with Gasteiger partial charge in [0.05, 0.1) is 20.8 Å². The molecule has 1 aliphatic rings. The second-order valence-corrected chi connectivity index (χ2v) is 8.09. The van der Waals surface area contributed by atoms with Crippen LogP contribution in [0.25, 0.3) is 0 Å². The van der Waals surface area contributed by atoms with Crippen LogP contribution in [0, 0.1) is 0 Å². The highest BCUT2D eigenvalue weighted by Crippen LogP contribution is 2.42. The van der Waals surface area contributed by atoms with Gasteiger partial charge in [0.25, 0.3) is 0 Å². The van der Waals surface area contributed by atoms with E-state index in [9.17, 15) is 14.7 Å². The number of amides is 1. The number of carboxylic acid groups (broad SMARTS) is 1. The van der Waals surface area contributed by atoms with E-state index in [1.165, 1.54) is 14.2 Å². The minimum atomic E-state index is -1.52. The van der Waals surface area contributed by atoms with E-state index in [1.807, 2.05) is 6.07 Å². The standard InChI is InChI=1S/C25H23ClN2O6/c1-32-17-11-18(33-2)13-19(12-17)34-23(24(30)31)25(15-6-4-3-5-7-15)20-10-16(26)8-9-21(20)28-22(29)14-27-25/h3-13,23,27H,14H2,1-2H3,(H,28,29)(H,30,31)/t23-,25+/m1/s1. The van der Waals surface area contributed by atoms with Crippen LogP contribution >= 0.6 is 11.6 Å². The molecule has 3 N–H and O–H groups in total. The first-order valence-corrected chi connectivity index (χ1v) is 10.8. The Bertz CT molecular complexity index is 1200. The SMILES string of the molecule is COc1cc(OC)cc(O[C@H](C(=O)O)[C@@]2(c3ccccc3)NCC(=O)Nc3ccc(Cl)cc32)c1. The van der Waals surface area contributed by atoms with Crippen molar-refractivity contribution in [3.8, 4) is 17.2 Å². The van der Waals surface area contributed by atoms with E-state index in [0.29, 0.717) is 33.3 Å². The molecule has 3 aromatic carbocycles. The maximum atomic E-state index is 12.8. The van der Waals surface area contributed by atoms with Gasteiger partial charge in [-0.2, -0.15) is 0 Å². The van der Waals surface area contributed by atoms with Crippen LogP contribution in [-0.2, 0) is 15.1 Å². The van der Waals surface area contributed by atoms with Crippen molar-refractivity contribution in [3.05, 3.63) is 82.9 Å². The fourth-order valence-electron chi connectivity index (χ4n) is 4.11. The van der Waals surface area contributed by atoms with Gasteiger partial charge in [0.1, 0.15) is 22.8 Å². The van der Waals surface area contributed by atoms with Gasteiger partial charge < -0.3 is 24.6 Å². The molecule has 9 heteroatoms. The smallest absolute Gasteiger partial charge is 0.347 e. The van der Waals surface area contributed by atoms with Crippen molar-refractivity contribution in [1.82, 2.24) is 5.32 Å². The fourth-order valence-corrected chi connectivity index (χ4v) is 4.29. The highest BCUT2D eigenvalue weighted by atomic mass is 35.5. The number of benzene rings is 3. The quantitative estimate of drug-likeness (QED) is 0.471. The maximum Gasteiger partial charge on any atom is 0.347 e. The molecule has 0 aromatic heterocycles. The lowest BCUT2D eigenvalue weighted by atomic mass is 9.77. The van der Waals surface area contributed by atoms with Crippen molar-refractivity contribution in [3.63, 3.8) is 0 Å². The lowest BCUT2D eigenvalue weighted by molar-refractivity contribution is -0.149. The molecule has 0 saturated heterocycles. The van der Waals surface area contributed by atoms with Crippen molar-refractivity contribution in [2.75, 3.05) is 26.1 Å². The number of carboxylic acids is 1. The van der Waals surface area contributed by atoms with Crippen molar-refractivity contribution in [2.24, 2.45) is 0 Å². The van der Waals surface area contributed by atoms with Crippen LogP contribution in [0.15, 0.2) is 66.7 Å². The Hall–Kier alpha value is -3.75. The van der Waals surface area contributed by atoms with E-state index >= 15 is 0 Å². The molecule has 1 aliphatic heterocycles. The molecule has 0 fully saturated rings. The zero-order chi connectivity index (χ0) is 24.3. The molecular weight excluding hydrogens is 460 g/mol. The summed E-state index contributed by atoms with van der Waals surface area (Å²) in [5.74, 6) is -0.498. The van der Waals surface area contributed by atoms with Crippen molar-refractivity contribution in [2.45, 2.75) is 11.6 Å². The summed E-state index contributed by atoms with van der Waals surface area (Å²) >= 11 is 6.34. The van der Waals surface area contributed by atoms with Crippen molar-refractivity contribution in [1.29, 1.82) is 0 Å². The average Bonchev–Trinajstić information content (AvgIpc) is 2.99. The van der Waals surface area contributed by atoms with Gasteiger partial charge in [0.2, 0.25) is 12.0 Å². The highest BCUT2D eigenvalue weighted by Gasteiger charge is 2.51. The monoisotopic (exact) mass is 482 g/mol. The van der Waals surface area contributed by atoms with Crippen LogP contribution < -0.4 is 24.8 Å². The van der Waals surface area contributed by atoms with Gasteiger partial charge in [-0.3, -0.25) is 10.1 Å². The number of ether oxygens (including phenoxy) is 3. The summed E-state index contributed by atoms with van der Waals surface area (Å²) < 4.78 is 16.8. The molecule has 0 unspecified atom stereocenters. The largest absolute Gasteiger partial charge is 0.496 e. The van der Waals surface area contributed by atoms with Gasteiger partial charge in [0.15, 0.2) is 0 Å². The minimum Gasteiger partial charge on any atom is -0.496 e. The molecule has 0 radical (unpaired) electrons. The molecule has 4 rings (SSSR count). The Morgan fingerprint density at radius 1 is 1.00 bits per heavy atom. The summed E-state index contributed by atoms with van der Waals surface area (Å²) in [7, 11) is 2.97. The predicted octanol–water partition coefficient (Wildman–Crippen LogP) is 3.67. The number of halogens is 1. The average molecular weight is 483 g/mol. The number of carbonyl (C=O) groups excluding carboxylic acids is 1. The first-order chi connectivity index (χ1) is 16.4. The van der Waals surface area contributed by atoms with E-state index in [2.05, 4.69) is 10.6 Å². The molecule has 3 aromatic rings. The van der Waals surface area contributed by atoms with Crippen LogP contribution in [-0.4, -0.2) is 43.9 Å². The summed E-state index contributed by atoms with van der Waals surface area (Å²) in [6, 6.07) is 18.6. The van der Waals surface area contributed by atoms with Gasteiger partial charge in [0, 0.05) is 34.5 Å². The number of hydrogen-bond acceptors (Lipinski definition) is 6. The third-order valence-corrected chi connectivity index (χ3v) is 5.87. The van der Waals surface area contributed by atoms with Crippen LogP contribution in [0.2, 0.25) is 5.02 Å². The molecule has 1 amide bonds. The summed E-state index contributed by atoms with van der Waals surface area (Å²) in [5.41, 5.74) is -0.0130. The van der Waals surface area contributed by atoms with Crippen LogP contribution in [0.1, 0.15) is 11.1 Å². The molecule has 0 spiro atoms. The lowest BCUT2D eigenvalue weighted by Crippen LogP contribution is -2.58. The summed E-state index contributed by atoms with van der Waals surface area (Å²) in [4.78, 5) is 25.4. The topological polar surface area (TPSA) is 106 Å². The third-order valence-electron chi connectivity index (χ3n) is 5.63. The molecule has 176 valence electrons. The molecule has 8 nitrogen and oxygen atoms in total. The number of carbonyl (C=O) groups is 2. The van der Waals surface area contributed by atoms with Gasteiger partial charge in [-0.15, -0.1) is 0 Å². The first kappa shape index (κ1) is 23.4. The summed E-state index contributed by atoms with van der Waals surface area (Å²) in [5, 5.41) is 16.8. The van der Waals surface area contributed by atoms with E-state index < -0.39 is 17.6 Å². The van der Waals surface area contributed by atoms with Crippen molar-refractivity contribution < 1.29 is 28.9 Å². The van der Waals surface area contributed by atoms with Crippen LogP contribution in [0.5, 0.6) is 17.2 Å². The number of methoxy groups -OCH3 is 2. The molecule has 2 atom stereocenters. The second-order valence-electron chi connectivity index (χ2n) is 7.65. The molecule has 0 bridgehead atoms. The van der Waals surface area contributed by atoms with Crippen molar-refractivity contribution >= 4 is 29.2 Å². The Morgan fingerprint density at radius 2 is 1.65 bits per heavy atom. The normalized spacial score (nSPS) is 18.1. The molecule has 0 aliphatic carbocycles. The van der Waals surface area contributed by atoms with Gasteiger partial charge >= 0.3 is 5.97 Å².